The molecule has 1 fully saturated rings. The zero-order valence-electron chi connectivity index (χ0n) is 10.9. The van der Waals surface area contributed by atoms with Crippen molar-refractivity contribution in [2.45, 2.75) is 32.5 Å². The maximum atomic E-state index is 12.1. The van der Waals surface area contributed by atoms with Crippen LogP contribution in [0.25, 0.3) is 0 Å². The Bertz CT molecular complexity index is 324. The monoisotopic (exact) mass is 276 g/mol. The largest absolute Gasteiger partial charge is 0.425 e. The van der Waals surface area contributed by atoms with Gasteiger partial charge in [-0.05, 0) is 6.42 Å². The number of hydrogen-bond acceptors (Lipinski definition) is 7. The minimum Gasteiger partial charge on any atom is -0.425 e. The Balaban J connectivity index is 3.08. The molecule has 1 saturated heterocycles. The van der Waals surface area contributed by atoms with Crippen LogP contribution in [0.2, 0.25) is 0 Å². The first-order chi connectivity index (χ1) is 9.03. The summed E-state index contributed by atoms with van der Waals surface area (Å²) in [5, 5.41) is 28.2. The van der Waals surface area contributed by atoms with E-state index in [1.54, 1.807) is 6.92 Å². The van der Waals surface area contributed by atoms with Gasteiger partial charge in [-0.2, -0.15) is 0 Å². The van der Waals surface area contributed by atoms with Crippen molar-refractivity contribution < 1.29 is 34.4 Å². The molecule has 1 aliphatic rings. The van der Waals surface area contributed by atoms with Crippen molar-refractivity contribution in [1.82, 2.24) is 0 Å². The molecule has 0 aromatic rings. The van der Waals surface area contributed by atoms with Gasteiger partial charge in [0.15, 0.2) is 0 Å². The Morgan fingerprint density at radius 1 is 1.21 bits per heavy atom. The van der Waals surface area contributed by atoms with Crippen LogP contribution >= 0.6 is 0 Å². The molecule has 0 amide bonds. The molecule has 0 bridgehead atoms. The molecule has 7 heteroatoms. The van der Waals surface area contributed by atoms with Crippen molar-refractivity contribution >= 4 is 11.9 Å². The van der Waals surface area contributed by atoms with Crippen LogP contribution in [0.15, 0.2) is 0 Å². The Hall–Kier alpha value is -1.18. The van der Waals surface area contributed by atoms with Crippen LogP contribution in [0, 0.1) is 11.3 Å². The van der Waals surface area contributed by atoms with E-state index in [2.05, 4.69) is 0 Å². The zero-order valence-corrected chi connectivity index (χ0v) is 10.9. The second kappa shape index (κ2) is 6.83. The highest BCUT2D eigenvalue weighted by molar-refractivity contribution is 5.78. The highest BCUT2D eigenvalue weighted by Crippen LogP contribution is 2.34. The Kier molecular flexibility index (Phi) is 5.71. The minimum absolute atomic E-state index is 0.0138. The fourth-order valence-corrected chi connectivity index (χ4v) is 2.07. The van der Waals surface area contributed by atoms with Gasteiger partial charge in [-0.25, -0.2) is 0 Å². The zero-order chi connectivity index (χ0) is 14.5. The number of aliphatic hydroxyl groups excluding tert-OH is 3. The third-order valence-corrected chi connectivity index (χ3v) is 3.50. The summed E-state index contributed by atoms with van der Waals surface area (Å²) >= 11 is 0. The van der Waals surface area contributed by atoms with Crippen molar-refractivity contribution in [2.24, 2.45) is 11.3 Å². The molecule has 3 N–H and O–H groups in total. The SMILES string of the molecule is CCC1OC(=O)CCC(CO)C(CO)(CO)C(=O)O1. The highest BCUT2D eigenvalue weighted by atomic mass is 16.7. The molecule has 0 aromatic carbocycles. The van der Waals surface area contributed by atoms with Crippen molar-refractivity contribution in [3.05, 3.63) is 0 Å². The van der Waals surface area contributed by atoms with Crippen molar-refractivity contribution in [3.8, 4) is 0 Å². The second-order valence-electron chi connectivity index (χ2n) is 4.62. The fraction of sp³-hybridized carbons (Fsp3) is 0.833. The molecule has 110 valence electrons. The number of carbonyl (C=O) groups is 2. The van der Waals surface area contributed by atoms with E-state index in [0.717, 1.165) is 0 Å². The van der Waals surface area contributed by atoms with Crippen LogP contribution in [0.1, 0.15) is 26.2 Å². The smallest absolute Gasteiger partial charge is 0.320 e. The van der Waals surface area contributed by atoms with Gasteiger partial charge < -0.3 is 24.8 Å². The van der Waals surface area contributed by atoms with E-state index in [1.807, 2.05) is 0 Å². The Morgan fingerprint density at radius 2 is 1.84 bits per heavy atom. The fourth-order valence-electron chi connectivity index (χ4n) is 2.07. The summed E-state index contributed by atoms with van der Waals surface area (Å²) in [7, 11) is 0. The lowest BCUT2D eigenvalue weighted by Gasteiger charge is -2.34. The number of rotatable bonds is 4. The number of hydrogen-bond donors (Lipinski definition) is 3. The van der Waals surface area contributed by atoms with Gasteiger partial charge in [0.05, 0.1) is 13.2 Å². The number of esters is 2. The molecule has 7 nitrogen and oxygen atoms in total. The van der Waals surface area contributed by atoms with Gasteiger partial charge in [0, 0.05) is 25.4 Å². The summed E-state index contributed by atoms with van der Waals surface area (Å²) in [6, 6.07) is 0. The minimum atomic E-state index is -1.61. The first-order valence-electron chi connectivity index (χ1n) is 6.27. The maximum absolute atomic E-state index is 12.1. The summed E-state index contributed by atoms with van der Waals surface area (Å²) < 4.78 is 9.95. The van der Waals surface area contributed by atoms with Crippen LogP contribution in [-0.2, 0) is 19.1 Å². The van der Waals surface area contributed by atoms with E-state index in [0.29, 0.717) is 0 Å². The van der Waals surface area contributed by atoms with Crippen molar-refractivity contribution in [2.75, 3.05) is 19.8 Å². The van der Waals surface area contributed by atoms with Crippen LogP contribution in [0.3, 0.4) is 0 Å². The van der Waals surface area contributed by atoms with E-state index in [4.69, 9.17) is 9.47 Å². The van der Waals surface area contributed by atoms with E-state index in [-0.39, 0.29) is 19.3 Å². The number of ether oxygens (including phenoxy) is 2. The third kappa shape index (κ3) is 3.23. The maximum Gasteiger partial charge on any atom is 0.320 e. The average Bonchev–Trinajstić information content (AvgIpc) is 2.46. The van der Waals surface area contributed by atoms with Gasteiger partial charge >= 0.3 is 11.9 Å². The molecule has 0 aliphatic carbocycles. The van der Waals surface area contributed by atoms with Gasteiger partial charge in [-0.1, -0.05) is 6.92 Å². The predicted octanol–water partition coefficient (Wildman–Crippen LogP) is -0.818. The summed E-state index contributed by atoms with van der Waals surface area (Å²) in [6.07, 6.45) is -0.647. The Labute approximate surface area is 111 Å². The summed E-state index contributed by atoms with van der Waals surface area (Å²) in [5.41, 5.74) is -1.61. The quantitative estimate of drug-likeness (QED) is 0.575. The molecule has 1 aliphatic heterocycles. The molecule has 0 aromatic heterocycles. The first-order valence-corrected chi connectivity index (χ1v) is 6.27. The second-order valence-corrected chi connectivity index (χ2v) is 4.62. The lowest BCUT2D eigenvalue weighted by atomic mass is 9.74. The Morgan fingerprint density at radius 3 is 2.32 bits per heavy atom. The molecule has 0 spiro atoms. The highest BCUT2D eigenvalue weighted by Gasteiger charge is 2.48. The number of carbonyl (C=O) groups excluding carboxylic acids is 2. The molecule has 2 unspecified atom stereocenters. The third-order valence-electron chi connectivity index (χ3n) is 3.50. The molecular weight excluding hydrogens is 256 g/mol. The average molecular weight is 276 g/mol. The standard InChI is InChI=1S/C12H20O7/c1-2-10-18-9(16)4-3-8(5-13)12(6-14,7-15)11(17)19-10/h8,10,13-15H,2-7H2,1H3. The van der Waals surface area contributed by atoms with Crippen molar-refractivity contribution in [3.63, 3.8) is 0 Å². The van der Waals surface area contributed by atoms with E-state index in [1.165, 1.54) is 0 Å². The number of aliphatic hydroxyl groups is 3. The van der Waals surface area contributed by atoms with Gasteiger partial charge in [0.2, 0.25) is 6.29 Å². The van der Waals surface area contributed by atoms with Crippen molar-refractivity contribution in [1.29, 1.82) is 0 Å². The summed E-state index contributed by atoms with van der Waals surface area (Å²) in [4.78, 5) is 23.6. The van der Waals surface area contributed by atoms with E-state index in [9.17, 15) is 24.9 Å². The number of cyclic esters (lactones) is 2. The normalized spacial score (nSPS) is 27.8. The van der Waals surface area contributed by atoms with Crippen LogP contribution in [0.4, 0.5) is 0 Å². The van der Waals surface area contributed by atoms with Gasteiger partial charge in [-0.15, -0.1) is 0 Å². The molecule has 0 radical (unpaired) electrons. The summed E-state index contributed by atoms with van der Waals surface area (Å²) in [5.74, 6) is -2.17. The van der Waals surface area contributed by atoms with Gasteiger partial charge in [0.25, 0.3) is 0 Å². The predicted molar refractivity (Wildman–Crippen MR) is 62.7 cm³/mol. The first kappa shape index (κ1) is 15.9. The van der Waals surface area contributed by atoms with Crippen LogP contribution < -0.4 is 0 Å². The van der Waals surface area contributed by atoms with E-state index >= 15 is 0 Å². The van der Waals surface area contributed by atoms with Crippen LogP contribution in [0.5, 0.6) is 0 Å². The molecule has 19 heavy (non-hydrogen) atoms. The molecular formula is C12H20O7. The lowest BCUT2D eigenvalue weighted by molar-refractivity contribution is -0.200. The van der Waals surface area contributed by atoms with Crippen LogP contribution in [-0.4, -0.2) is 53.4 Å². The van der Waals surface area contributed by atoms with E-state index < -0.39 is 49.4 Å². The topological polar surface area (TPSA) is 113 Å². The molecule has 1 heterocycles. The van der Waals surface area contributed by atoms with Gasteiger partial charge in [0.1, 0.15) is 5.41 Å². The lowest BCUT2D eigenvalue weighted by Crippen LogP contribution is -2.48. The molecule has 0 saturated carbocycles. The molecule has 1 rings (SSSR count). The summed E-state index contributed by atoms with van der Waals surface area (Å²) in [6.45, 7) is -0.108. The molecule has 2 atom stereocenters. The van der Waals surface area contributed by atoms with Gasteiger partial charge in [-0.3, -0.25) is 9.59 Å².